The van der Waals surface area contributed by atoms with Crippen LogP contribution in [0.4, 0.5) is 4.79 Å². The van der Waals surface area contributed by atoms with E-state index in [1.807, 2.05) is 18.2 Å². The van der Waals surface area contributed by atoms with Crippen LogP contribution in [0, 0.1) is 0 Å². The van der Waals surface area contributed by atoms with Crippen molar-refractivity contribution in [3.8, 4) is 11.5 Å². The van der Waals surface area contributed by atoms with Gasteiger partial charge in [0.05, 0.1) is 26.0 Å². The summed E-state index contributed by atoms with van der Waals surface area (Å²) < 4.78 is 17.1. The number of hydrogen-bond donors (Lipinski definition) is 1. The topological polar surface area (TPSA) is 63.9 Å². The number of amides is 2. The fourth-order valence-corrected chi connectivity index (χ4v) is 3.91. The minimum absolute atomic E-state index is 0.0569. The quantitative estimate of drug-likeness (QED) is 0.837. The van der Waals surface area contributed by atoms with E-state index in [9.17, 15) is 4.79 Å². The van der Waals surface area contributed by atoms with Crippen LogP contribution in [0.15, 0.2) is 41.0 Å². The molecule has 0 spiro atoms. The molecule has 144 valence electrons. The summed E-state index contributed by atoms with van der Waals surface area (Å²) in [7, 11) is 1.67. The molecule has 6 heteroatoms. The van der Waals surface area contributed by atoms with Gasteiger partial charge in [-0.3, -0.25) is 0 Å². The lowest BCUT2D eigenvalue weighted by Crippen LogP contribution is -2.49. The zero-order chi connectivity index (χ0) is 18.6. The number of methoxy groups -OCH3 is 1. The first-order valence-corrected chi connectivity index (χ1v) is 9.62. The maximum atomic E-state index is 12.2. The Balaban J connectivity index is 1.50. The molecule has 4 rings (SSSR count). The number of benzene rings is 1. The first-order valence-electron chi connectivity index (χ1n) is 9.62. The molecule has 1 aliphatic carbocycles. The molecule has 1 N–H and O–H groups in total. The Morgan fingerprint density at radius 3 is 2.81 bits per heavy atom. The second-order valence-electron chi connectivity index (χ2n) is 7.28. The molecular formula is C21H26N2O4. The Labute approximate surface area is 159 Å². The van der Waals surface area contributed by atoms with Crippen LogP contribution in [0.25, 0.3) is 0 Å². The van der Waals surface area contributed by atoms with Crippen LogP contribution in [-0.4, -0.2) is 37.2 Å². The molecule has 1 saturated heterocycles. The maximum Gasteiger partial charge on any atom is 0.317 e. The summed E-state index contributed by atoms with van der Waals surface area (Å²) in [4.78, 5) is 14.0. The first-order chi connectivity index (χ1) is 13.2. The summed E-state index contributed by atoms with van der Waals surface area (Å²) >= 11 is 0. The number of furan rings is 1. The van der Waals surface area contributed by atoms with E-state index in [4.69, 9.17) is 13.9 Å². The van der Waals surface area contributed by atoms with Crippen molar-refractivity contribution in [2.75, 3.05) is 20.2 Å². The van der Waals surface area contributed by atoms with Crippen molar-refractivity contribution in [2.45, 2.75) is 44.2 Å². The zero-order valence-electron chi connectivity index (χ0n) is 15.6. The fourth-order valence-electron chi connectivity index (χ4n) is 3.91. The zero-order valence-corrected chi connectivity index (χ0v) is 15.6. The van der Waals surface area contributed by atoms with Gasteiger partial charge in [0.1, 0.15) is 5.76 Å². The number of nitrogens with zero attached hydrogens (tertiary/aromatic N) is 1. The van der Waals surface area contributed by atoms with Gasteiger partial charge in [0.2, 0.25) is 0 Å². The van der Waals surface area contributed by atoms with Gasteiger partial charge in [-0.25, -0.2) is 4.79 Å². The fraction of sp³-hybridized carbons (Fsp3) is 0.476. The Hall–Kier alpha value is -2.63. The highest BCUT2D eigenvalue weighted by Crippen LogP contribution is 2.35. The molecule has 1 atom stereocenters. The highest BCUT2D eigenvalue weighted by atomic mass is 16.5. The lowest BCUT2D eigenvalue weighted by atomic mass is 9.96. The van der Waals surface area contributed by atoms with Crippen molar-refractivity contribution in [3.05, 3.63) is 47.9 Å². The minimum atomic E-state index is -0.0569. The van der Waals surface area contributed by atoms with Crippen molar-refractivity contribution in [3.63, 3.8) is 0 Å². The third-order valence-corrected chi connectivity index (χ3v) is 5.41. The second-order valence-corrected chi connectivity index (χ2v) is 7.28. The third kappa shape index (κ3) is 4.04. The molecule has 27 heavy (non-hydrogen) atoms. The van der Waals surface area contributed by atoms with E-state index >= 15 is 0 Å². The summed E-state index contributed by atoms with van der Waals surface area (Å²) in [5.41, 5.74) is 1.15. The van der Waals surface area contributed by atoms with E-state index in [0.717, 1.165) is 35.7 Å². The smallest absolute Gasteiger partial charge is 0.317 e. The van der Waals surface area contributed by atoms with Crippen molar-refractivity contribution < 1.29 is 18.7 Å². The van der Waals surface area contributed by atoms with Gasteiger partial charge in [0, 0.05) is 19.0 Å². The number of carbonyl (C=O) groups excluding carboxylic acids is 1. The third-order valence-electron chi connectivity index (χ3n) is 5.41. The minimum Gasteiger partial charge on any atom is -0.493 e. The van der Waals surface area contributed by atoms with Gasteiger partial charge in [-0.15, -0.1) is 0 Å². The van der Waals surface area contributed by atoms with Crippen molar-refractivity contribution in [2.24, 2.45) is 0 Å². The summed E-state index contributed by atoms with van der Waals surface area (Å²) in [6.45, 7) is 1.72. The molecule has 1 unspecified atom stereocenters. The molecule has 2 amide bonds. The second kappa shape index (κ2) is 7.94. The number of nitrogens with one attached hydrogen (secondary N) is 1. The Morgan fingerprint density at radius 1 is 1.22 bits per heavy atom. The number of hydrogen-bond acceptors (Lipinski definition) is 4. The number of ether oxygens (including phenoxy) is 2. The van der Waals surface area contributed by atoms with Crippen molar-refractivity contribution in [1.29, 1.82) is 0 Å². The Kier molecular flexibility index (Phi) is 5.23. The van der Waals surface area contributed by atoms with E-state index in [2.05, 4.69) is 17.4 Å². The van der Waals surface area contributed by atoms with E-state index < -0.39 is 0 Å². The molecule has 6 nitrogen and oxygen atoms in total. The van der Waals surface area contributed by atoms with Gasteiger partial charge in [-0.05, 0) is 55.5 Å². The highest BCUT2D eigenvalue weighted by molar-refractivity contribution is 5.75. The van der Waals surface area contributed by atoms with Gasteiger partial charge in [-0.2, -0.15) is 0 Å². The molecule has 2 heterocycles. The molecule has 2 aliphatic rings. The number of rotatable bonds is 6. The molecular weight excluding hydrogens is 344 g/mol. The summed E-state index contributed by atoms with van der Waals surface area (Å²) in [5.74, 6) is 2.54. The predicted octanol–water partition coefficient (Wildman–Crippen LogP) is 3.92. The maximum absolute atomic E-state index is 12.2. The Bertz CT molecular complexity index is 768. The van der Waals surface area contributed by atoms with E-state index in [1.54, 1.807) is 18.3 Å². The van der Waals surface area contributed by atoms with Gasteiger partial charge >= 0.3 is 6.03 Å². The molecule has 1 aliphatic heterocycles. The Morgan fingerprint density at radius 2 is 2.07 bits per heavy atom. The molecule has 1 saturated carbocycles. The van der Waals surface area contributed by atoms with Crippen LogP contribution in [0.2, 0.25) is 0 Å². The van der Waals surface area contributed by atoms with Crippen LogP contribution in [-0.2, 0) is 6.54 Å². The van der Waals surface area contributed by atoms with Gasteiger partial charge in [0.15, 0.2) is 11.5 Å². The lowest BCUT2D eigenvalue weighted by Gasteiger charge is -2.33. The molecule has 1 aromatic carbocycles. The molecule has 2 aromatic rings. The van der Waals surface area contributed by atoms with Gasteiger partial charge < -0.3 is 24.1 Å². The summed E-state index contributed by atoms with van der Waals surface area (Å²) in [5, 5.41) is 2.99. The average molecular weight is 370 g/mol. The average Bonchev–Trinajstić information content (AvgIpc) is 3.38. The van der Waals surface area contributed by atoms with Gasteiger partial charge in [-0.1, -0.05) is 6.07 Å². The molecule has 0 bridgehead atoms. The van der Waals surface area contributed by atoms with Crippen LogP contribution in [0.5, 0.6) is 11.5 Å². The van der Waals surface area contributed by atoms with E-state index in [1.165, 1.54) is 12.8 Å². The van der Waals surface area contributed by atoms with E-state index in [0.29, 0.717) is 19.6 Å². The standard InChI is InChI=1S/C21H26N2O4/c1-25-19-9-8-15(11-20(19)27-17-5-2-3-6-17)16-12-22-21(24)23(13-16)14-18-7-4-10-26-18/h4,7-11,16-17H,2-3,5-6,12-14H2,1H3,(H,22,24). The molecule has 0 radical (unpaired) electrons. The summed E-state index contributed by atoms with van der Waals surface area (Å²) in [6.07, 6.45) is 6.56. The SMILES string of the molecule is COc1ccc(C2CNC(=O)N(Cc3ccco3)C2)cc1OC1CCCC1. The monoisotopic (exact) mass is 370 g/mol. The molecule has 2 fully saturated rings. The van der Waals surface area contributed by atoms with Gasteiger partial charge in [0.25, 0.3) is 0 Å². The highest BCUT2D eigenvalue weighted by Gasteiger charge is 2.28. The van der Waals surface area contributed by atoms with Crippen LogP contribution < -0.4 is 14.8 Å². The van der Waals surface area contributed by atoms with Crippen LogP contribution in [0.3, 0.4) is 0 Å². The normalized spacial score (nSPS) is 20.6. The van der Waals surface area contributed by atoms with Crippen LogP contribution >= 0.6 is 0 Å². The van der Waals surface area contributed by atoms with Crippen molar-refractivity contribution >= 4 is 6.03 Å². The van der Waals surface area contributed by atoms with Crippen molar-refractivity contribution in [1.82, 2.24) is 10.2 Å². The van der Waals surface area contributed by atoms with E-state index in [-0.39, 0.29) is 18.1 Å². The first kappa shape index (κ1) is 17.8. The largest absolute Gasteiger partial charge is 0.493 e. The lowest BCUT2D eigenvalue weighted by molar-refractivity contribution is 0.171. The summed E-state index contributed by atoms with van der Waals surface area (Å²) in [6, 6.07) is 9.77. The number of carbonyl (C=O) groups is 1. The number of urea groups is 1. The van der Waals surface area contributed by atoms with Crippen LogP contribution in [0.1, 0.15) is 42.9 Å². The molecule has 1 aromatic heterocycles. The predicted molar refractivity (Wildman–Crippen MR) is 101 cm³/mol.